The average molecular weight is 1480 g/mol. The number of rotatable bonds is 73. The Bertz CT molecular complexity index is 2750. The van der Waals surface area contributed by atoms with Crippen molar-refractivity contribution in [2.24, 2.45) is 0 Å². The molecule has 0 rings (SSSR count). The number of likely N-dealkylation sites (N-methyl/N-ethyl adjacent to an activating group) is 1. The van der Waals surface area contributed by atoms with Gasteiger partial charge in [0.15, 0.2) is 6.10 Å². The van der Waals surface area contributed by atoms with E-state index in [1.165, 1.54) is 51.4 Å². The number of phosphoric ester groups is 1. The Morgan fingerprint density at radius 2 is 0.509 bits per heavy atom. The molecule has 0 aromatic rings. The molecule has 10 heteroatoms. The molecule has 0 aliphatic rings. The third kappa shape index (κ3) is 86.5. The minimum atomic E-state index is -4.42. The summed E-state index contributed by atoms with van der Waals surface area (Å²) in [7, 11) is 1.44. The number of quaternary nitrogens is 1. The summed E-state index contributed by atoms with van der Waals surface area (Å²) in [4.78, 5) is 36.0. The SMILES string of the molecule is CC/C=C\C/C=C\C/C=C\C/C=C\C/C=C\C/C=C\C/C=C\C/C=C\C/C=C\C/C=C\C/C=C\CCCCCCCCCC(=O)OC(COC(=O)CCCCCCCCCCCC/C=C\C/C=C\C/C=C\C/C=C\C/C=C\C/C=C\C/C=C\C/C=C\C/C=C\C/C=C\CC)COP(=O)(O)OCC[N+](C)(C)C. The second-order valence-electron chi connectivity index (χ2n) is 27.7. The summed E-state index contributed by atoms with van der Waals surface area (Å²) in [5.74, 6) is -0.830. The van der Waals surface area contributed by atoms with E-state index in [9.17, 15) is 19.0 Å². The first-order valence-electron chi connectivity index (χ1n) is 41.4. The van der Waals surface area contributed by atoms with E-state index in [4.69, 9.17) is 18.5 Å². The molecular formula is C96H151NO8P+. The molecule has 0 spiro atoms. The minimum absolute atomic E-state index is 0.0158. The molecule has 0 saturated carbocycles. The van der Waals surface area contributed by atoms with Gasteiger partial charge in [-0.15, -0.1) is 0 Å². The van der Waals surface area contributed by atoms with Crippen LogP contribution in [0.1, 0.15) is 284 Å². The highest BCUT2D eigenvalue weighted by Gasteiger charge is 2.27. The highest BCUT2D eigenvalue weighted by Crippen LogP contribution is 2.43. The van der Waals surface area contributed by atoms with E-state index >= 15 is 0 Å². The smallest absolute Gasteiger partial charge is 0.462 e. The quantitative estimate of drug-likeness (QED) is 0.0211. The molecule has 0 aliphatic heterocycles. The molecule has 0 aliphatic carbocycles. The average Bonchev–Trinajstić information content (AvgIpc) is 0.908. The molecule has 1 N–H and O–H groups in total. The van der Waals surface area contributed by atoms with E-state index < -0.39 is 26.5 Å². The molecule has 0 heterocycles. The van der Waals surface area contributed by atoms with Gasteiger partial charge in [-0.3, -0.25) is 18.6 Å². The molecule has 0 aromatic heterocycles. The van der Waals surface area contributed by atoms with Gasteiger partial charge in [0.25, 0.3) is 0 Å². The van der Waals surface area contributed by atoms with Crippen molar-refractivity contribution in [3.63, 3.8) is 0 Å². The normalized spacial score (nSPS) is 14.4. The number of nitrogens with zero attached hydrogens (tertiary/aromatic N) is 1. The van der Waals surface area contributed by atoms with Gasteiger partial charge in [0.05, 0.1) is 27.7 Å². The monoisotopic (exact) mass is 1480 g/mol. The second-order valence-corrected chi connectivity index (χ2v) is 29.1. The molecule has 0 bridgehead atoms. The summed E-state index contributed by atoms with van der Waals surface area (Å²) in [5, 5.41) is 0. The summed E-state index contributed by atoms with van der Waals surface area (Å²) in [5.41, 5.74) is 0. The maximum Gasteiger partial charge on any atom is 0.472 e. The van der Waals surface area contributed by atoms with Crippen molar-refractivity contribution in [1.82, 2.24) is 0 Å². The zero-order chi connectivity index (χ0) is 76.8. The lowest BCUT2D eigenvalue weighted by Gasteiger charge is -2.24. The molecule has 0 saturated heterocycles. The van der Waals surface area contributed by atoms with Crippen LogP contribution in [0.15, 0.2) is 255 Å². The molecule has 0 radical (unpaired) electrons. The van der Waals surface area contributed by atoms with Crippen molar-refractivity contribution >= 4 is 19.8 Å². The Hall–Kier alpha value is -6.45. The van der Waals surface area contributed by atoms with E-state index in [0.29, 0.717) is 17.4 Å². The lowest BCUT2D eigenvalue weighted by atomic mass is 10.1. The predicted octanol–water partition coefficient (Wildman–Crippen LogP) is 28.4. The number of hydrogen-bond donors (Lipinski definition) is 1. The lowest BCUT2D eigenvalue weighted by molar-refractivity contribution is -0.870. The fraction of sp³-hybridized carbons (Fsp3) is 0.542. The third-order valence-corrected chi connectivity index (χ3v) is 17.5. The minimum Gasteiger partial charge on any atom is -0.462 e. The van der Waals surface area contributed by atoms with Crippen molar-refractivity contribution < 1.29 is 42.1 Å². The first kappa shape index (κ1) is 99.6. The molecule has 0 amide bonds. The summed E-state index contributed by atoms with van der Waals surface area (Å²) >= 11 is 0. The number of hydrogen-bond acceptors (Lipinski definition) is 7. The zero-order valence-corrected chi connectivity index (χ0v) is 68.4. The predicted molar refractivity (Wildman–Crippen MR) is 463 cm³/mol. The Morgan fingerprint density at radius 3 is 0.755 bits per heavy atom. The molecule has 2 unspecified atom stereocenters. The number of allylic oxidation sites excluding steroid dienone is 42. The topological polar surface area (TPSA) is 108 Å². The molecule has 592 valence electrons. The van der Waals surface area contributed by atoms with Crippen molar-refractivity contribution in [2.45, 2.75) is 290 Å². The van der Waals surface area contributed by atoms with Crippen LogP contribution in [0, 0.1) is 0 Å². The van der Waals surface area contributed by atoms with Gasteiger partial charge in [-0.05, 0) is 173 Å². The van der Waals surface area contributed by atoms with Gasteiger partial charge in [-0.25, -0.2) is 4.57 Å². The first-order valence-corrected chi connectivity index (χ1v) is 42.9. The summed E-state index contributed by atoms with van der Waals surface area (Å²) in [6.07, 6.45) is 135. The van der Waals surface area contributed by atoms with Crippen molar-refractivity contribution in [3.8, 4) is 0 Å². The second kappa shape index (κ2) is 82.6. The van der Waals surface area contributed by atoms with Crippen LogP contribution in [0.5, 0.6) is 0 Å². The number of carbonyl (C=O) groups excluding carboxylic acids is 2. The van der Waals surface area contributed by atoms with E-state index in [0.717, 1.165) is 199 Å². The maximum atomic E-state index is 12.9. The maximum absolute atomic E-state index is 12.9. The third-order valence-electron chi connectivity index (χ3n) is 16.6. The number of carbonyl (C=O) groups is 2. The number of esters is 2. The first-order chi connectivity index (χ1) is 52.0. The van der Waals surface area contributed by atoms with E-state index in [1.807, 2.05) is 21.1 Å². The van der Waals surface area contributed by atoms with Crippen LogP contribution in [0.25, 0.3) is 0 Å². The van der Waals surface area contributed by atoms with Crippen LogP contribution in [0.4, 0.5) is 0 Å². The van der Waals surface area contributed by atoms with Gasteiger partial charge in [0.1, 0.15) is 19.8 Å². The number of unbranched alkanes of at least 4 members (excludes halogenated alkanes) is 17. The van der Waals surface area contributed by atoms with Crippen LogP contribution in [0.3, 0.4) is 0 Å². The van der Waals surface area contributed by atoms with E-state index in [1.54, 1.807) is 0 Å². The Labute approximate surface area is 650 Å². The molecule has 0 fully saturated rings. The highest BCUT2D eigenvalue weighted by atomic mass is 31.2. The van der Waals surface area contributed by atoms with Gasteiger partial charge in [-0.1, -0.05) is 353 Å². The largest absolute Gasteiger partial charge is 0.472 e. The zero-order valence-electron chi connectivity index (χ0n) is 67.6. The molecular weight excluding hydrogens is 1330 g/mol. The fourth-order valence-corrected chi connectivity index (χ4v) is 11.1. The van der Waals surface area contributed by atoms with E-state index in [-0.39, 0.29) is 32.0 Å². The van der Waals surface area contributed by atoms with Crippen molar-refractivity contribution in [3.05, 3.63) is 255 Å². The fourth-order valence-electron chi connectivity index (χ4n) is 10.3. The molecule has 0 aromatic carbocycles. The summed E-state index contributed by atoms with van der Waals surface area (Å²) in [6.45, 7) is 4.16. The Kier molecular flexibility index (Phi) is 77.6. The standard InChI is InChI=1S/C96H150NO8P/c1-6-8-10-12-14-16-18-20-22-24-26-28-30-32-34-36-38-40-42-44-46-48-50-52-54-56-58-60-62-64-66-68-70-72-74-76-78-80-82-84-86-88-95(98)102-92-94(93-104-106(100,101)103-91-90-97(3,4)5)105-96(99)89-87-85-83-81-79-77-75-73-71-69-67-65-63-61-59-57-55-53-51-49-47-45-43-41-39-37-35-33-31-29-27-25-23-21-19-17-15-13-11-9-7-2/h8-11,14-17,20-23,26-29,32-35,38-41,44-47,50-53,56-59,62-65,69,71,94H,6-7,12-13,18-19,24-25,30-31,36-37,42-43,48-49,54-55,60-61,66-68,70,72-93H2,1-5H3/p+1/b10-8-,11-9-,16-14-,17-15-,22-20-,23-21-,28-26-,29-27-,34-32-,35-33-,40-38-,41-39-,46-44-,47-45-,52-50-,53-51-,58-56-,59-57-,64-62-,65-63-,71-69-. The highest BCUT2D eigenvalue weighted by molar-refractivity contribution is 7.47. The molecule has 106 heavy (non-hydrogen) atoms. The van der Waals surface area contributed by atoms with Crippen molar-refractivity contribution in [1.29, 1.82) is 0 Å². The van der Waals surface area contributed by atoms with Crippen LogP contribution in [0.2, 0.25) is 0 Å². The van der Waals surface area contributed by atoms with Gasteiger partial charge >= 0.3 is 19.8 Å². The van der Waals surface area contributed by atoms with Crippen LogP contribution >= 0.6 is 7.82 Å². The molecule has 9 nitrogen and oxygen atoms in total. The van der Waals surface area contributed by atoms with Crippen LogP contribution in [-0.4, -0.2) is 74.9 Å². The van der Waals surface area contributed by atoms with Crippen LogP contribution < -0.4 is 0 Å². The lowest BCUT2D eigenvalue weighted by Crippen LogP contribution is -2.37. The van der Waals surface area contributed by atoms with Gasteiger partial charge in [-0.2, -0.15) is 0 Å². The summed E-state index contributed by atoms with van der Waals surface area (Å²) in [6, 6.07) is 0. The Morgan fingerprint density at radius 1 is 0.292 bits per heavy atom. The van der Waals surface area contributed by atoms with Crippen LogP contribution in [-0.2, 0) is 32.7 Å². The van der Waals surface area contributed by atoms with Gasteiger partial charge in [0, 0.05) is 12.8 Å². The number of phosphoric acid groups is 1. The summed E-state index contributed by atoms with van der Waals surface area (Å²) < 4.78 is 34.8. The number of ether oxygens (including phenoxy) is 2. The van der Waals surface area contributed by atoms with Gasteiger partial charge in [0.2, 0.25) is 0 Å². The van der Waals surface area contributed by atoms with E-state index in [2.05, 4.69) is 269 Å². The Balaban J connectivity index is 4.12. The van der Waals surface area contributed by atoms with Crippen molar-refractivity contribution in [2.75, 3.05) is 47.5 Å². The molecule has 2 atom stereocenters. The van der Waals surface area contributed by atoms with Gasteiger partial charge < -0.3 is 18.9 Å².